The molecule has 4 fully saturated rings. The lowest BCUT2D eigenvalue weighted by Gasteiger charge is -2.37. The highest BCUT2D eigenvalue weighted by molar-refractivity contribution is 6.35. The number of rotatable bonds is 0. The summed E-state index contributed by atoms with van der Waals surface area (Å²) in [5.41, 5.74) is -1.29. The zero-order valence-corrected chi connectivity index (χ0v) is 18.4. The topological polar surface area (TPSA) is 106 Å². The summed E-state index contributed by atoms with van der Waals surface area (Å²) in [5.74, 6) is -1.15. The molecule has 0 bridgehead atoms. The molecule has 2 N–H and O–H groups in total. The van der Waals surface area contributed by atoms with Crippen molar-refractivity contribution in [3.63, 3.8) is 0 Å². The van der Waals surface area contributed by atoms with Crippen LogP contribution >= 0.6 is 0 Å². The van der Waals surface area contributed by atoms with Crippen LogP contribution in [0.2, 0.25) is 0 Å². The summed E-state index contributed by atoms with van der Waals surface area (Å²) in [4.78, 5) is 26.5. The quantitative estimate of drug-likeness (QED) is 0.584. The van der Waals surface area contributed by atoms with Gasteiger partial charge < -0.3 is 10.2 Å². The van der Waals surface area contributed by atoms with E-state index < -0.39 is 23.3 Å². The highest BCUT2D eigenvalue weighted by Crippen LogP contribution is 2.74. The minimum absolute atomic E-state index is 0.118. The van der Waals surface area contributed by atoms with Crippen LogP contribution in [0.15, 0.2) is 10.2 Å². The zero-order valence-electron chi connectivity index (χ0n) is 18.4. The molecule has 2 aliphatic heterocycles. The average Bonchev–Trinajstić information content (AvgIpc) is 3.07. The number of fused-ring (bicyclic) bond motifs is 6. The second-order valence-electron chi connectivity index (χ2n) is 11.7. The van der Waals surface area contributed by atoms with Gasteiger partial charge in [0.25, 0.3) is 0 Å². The van der Waals surface area contributed by atoms with Crippen molar-refractivity contribution in [3.05, 3.63) is 0 Å². The molecule has 0 saturated heterocycles. The first-order valence-corrected chi connectivity index (χ1v) is 11.0. The van der Waals surface area contributed by atoms with Gasteiger partial charge in [-0.3, -0.25) is 9.59 Å². The molecule has 162 valence electrons. The predicted molar refractivity (Wildman–Crippen MR) is 108 cm³/mol. The Bertz CT molecular complexity index is 908. The predicted octanol–water partition coefficient (Wildman–Crippen LogP) is 1.38. The van der Waals surface area contributed by atoms with E-state index in [2.05, 4.69) is 37.9 Å². The van der Waals surface area contributed by atoms with Gasteiger partial charge in [0.05, 0.1) is 11.8 Å². The van der Waals surface area contributed by atoms with E-state index in [0.717, 1.165) is 10.0 Å². The van der Waals surface area contributed by atoms with E-state index in [0.29, 0.717) is 36.1 Å². The Morgan fingerprint density at radius 3 is 1.47 bits per heavy atom. The Morgan fingerprint density at radius 2 is 1.13 bits per heavy atom. The van der Waals surface area contributed by atoms with E-state index in [4.69, 9.17) is 0 Å². The molecule has 4 saturated carbocycles. The maximum Gasteiger partial charge on any atom is 0.336 e. The molecule has 6 rings (SSSR count). The second-order valence-corrected chi connectivity index (χ2v) is 11.7. The third kappa shape index (κ3) is 1.80. The lowest BCUT2D eigenvalue weighted by Crippen LogP contribution is -2.58. The van der Waals surface area contributed by atoms with Gasteiger partial charge in [-0.15, -0.1) is 0 Å². The van der Waals surface area contributed by atoms with Crippen molar-refractivity contribution in [2.75, 3.05) is 0 Å². The molecule has 4 aliphatic carbocycles. The van der Waals surface area contributed by atoms with Crippen LogP contribution in [0.4, 0.5) is 0 Å². The summed E-state index contributed by atoms with van der Waals surface area (Å²) in [6.45, 7) is 12.3. The highest BCUT2D eigenvalue weighted by Gasteiger charge is 2.78. The summed E-state index contributed by atoms with van der Waals surface area (Å²) in [6.07, 6.45) is 0.839. The van der Waals surface area contributed by atoms with E-state index in [9.17, 15) is 19.8 Å². The number of hydrogen-bond donors (Lipinski definition) is 2. The largest absolute Gasteiger partial charge is 0.368 e. The first-order chi connectivity index (χ1) is 13.8. The maximum atomic E-state index is 13.3. The van der Waals surface area contributed by atoms with Crippen molar-refractivity contribution in [3.8, 4) is 0 Å². The third-order valence-electron chi connectivity index (χ3n) is 9.75. The summed E-state index contributed by atoms with van der Waals surface area (Å²) in [7, 11) is 0. The molecule has 0 aromatic heterocycles. The second kappa shape index (κ2) is 4.83. The smallest absolute Gasteiger partial charge is 0.336 e. The van der Waals surface area contributed by atoms with Crippen molar-refractivity contribution in [1.82, 2.24) is 10.0 Å². The fourth-order valence-corrected chi connectivity index (χ4v) is 8.02. The Morgan fingerprint density at radius 1 is 0.800 bits per heavy atom. The number of nitrogens with zero attached hydrogens (tertiary/aromatic N) is 4. The van der Waals surface area contributed by atoms with Gasteiger partial charge in [0.2, 0.25) is 0 Å². The van der Waals surface area contributed by atoms with Gasteiger partial charge >= 0.3 is 11.8 Å². The van der Waals surface area contributed by atoms with E-state index in [1.807, 2.05) is 13.8 Å². The summed E-state index contributed by atoms with van der Waals surface area (Å²) in [5, 5.41) is 33.4. The third-order valence-corrected chi connectivity index (χ3v) is 9.75. The van der Waals surface area contributed by atoms with Crippen LogP contribution in [0.1, 0.15) is 54.4 Å². The molecular formula is C22H30N4O4. The molecule has 6 aliphatic rings. The van der Waals surface area contributed by atoms with Crippen molar-refractivity contribution in [2.45, 2.75) is 65.8 Å². The molecule has 8 nitrogen and oxygen atoms in total. The monoisotopic (exact) mass is 414 g/mol. The molecule has 0 aromatic rings. The Labute approximate surface area is 176 Å². The van der Waals surface area contributed by atoms with E-state index in [1.54, 1.807) is 0 Å². The van der Waals surface area contributed by atoms with Crippen LogP contribution in [-0.2, 0) is 9.59 Å². The van der Waals surface area contributed by atoms with Gasteiger partial charge in [0.1, 0.15) is 0 Å². The fourth-order valence-electron chi connectivity index (χ4n) is 8.02. The van der Waals surface area contributed by atoms with Crippen molar-refractivity contribution in [1.29, 1.82) is 0 Å². The van der Waals surface area contributed by atoms with Crippen LogP contribution in [0.25, 0.3) is 0 Å². The maximum absolute atomic E-state index is 13.3. The van der Waals surface area contributed by atoms with Gasteiger partial charge in [-0.25, -0.2) is 0 Å². The van der Waals surface area contributed by atoms with Crippen LogP contribution < -0.4 is 0 Å². The molecule has 30 heavy (non-hydrogen) atoms. The number of carbonyl (C=O) groups is 2. The van der Waals surface area contributed by atoms with Crippen molar-refractivity contribution < 1.29 is 19.8 Å². The highest BCUT2D eigenvalue weighted by atomic mass is 16.3. The van der Waals surface area contributed by atoms with Gasteiger partial charge in [0, 0.05) is 24.3 Å². The zero-order chi connectivity index (χ0) is 21.8. The fraction of sp³-hybridized carbons (Fsp3) is 0.818. The molecule has 0 radical (unpaired) electrons. The van der Waals surface area contributed by atoms with E-state index >= 15 is 0 Å². The SMILES string of the molecule is CC1=NN(C(=O)C(=O)N2N=C(C)[C@H]3[C@@H]4[C@@H](C[C@]32O)C4(C)C)[C@]2(O)C[C@@H]3[C@@H]([C@@H]12)C3(C)C. The standard InChI is InChI=1S/C22H30N4O4/c1-9-13-15-11(19(15,3)4)7-21(13,29)25(23-9)17(27)18(28)26-22(30)8-12-16(20(12,5)6)14(22)10(2)24-26/h11-16,29-30H,7-8H2,1-6H3/t11-,12-,13-,14+,15+,16+,21+,22+/m1/s1. The number of aliphatic hydroxyl groups is 2. The molecule has 0 aromatic carbocycles. The number of hydrogen-bond acceptors (Lipinski definition) is 6. The molecule has 2 heterocycles. The van der Waals surface area contributed by atoms with Crippen LogP contribution in [-0.4, -0.2) is 54.9 Å². The molecular weight excluding hydrogens is 384 g/mol. The molecule has 8 heteroatoms. The first-order valence-electron chi connectivity index (χ1n) is 11.0. The van der Waals surface area contributed by atoms with Gasteiger partial charge in [-0.1, -0.05) is 27.7 Å². The van der Waals surface area contributed by atoms with E-state index in [-0.39, 0.29) is 34.5 Å². The number of carbonyl (C=O) groups excluding carboxylic acids is 2. The minimum atomic E-state index is -1.46. The number of hydrazone groups is 2. The Balaban J connectivity index is 1.28. The molecule has 8 atom stereocenters. The van der Waals surface area contributed by atoms with Gasteiger partial charge in [0.15, 0.2) is 11.4 Å². The minimum Gasteiger partial charge on any atom is -0.368 e. The molecule has 0 unspecified atom stereocenters. The first kappa shape index (κ1) is 18.9. The Kier molecular flexibility index (Phi) is 3.04. The van der Waals surface area contributed by atoms with Crippen LogP contribution in [0.5, 0.6) is 0 Å². The molecule has 0 spiro atoms. The van der Waals surface area contributed by atoms with Crippen molar-refractivity contribution in [2.24, 2.45) is 56.5 Å². The number of amides is 2. The summed E-state index contributed by atoms with van der Waals surface area (Å²) < 4.78 is 0. The van der Waals surface area contributed by atoms with Crippen LogP contribution in [0, 0.1) is 46.3 Å². The Hall–Kier alpha value is -1.80. The van der Waals surface area contributed by atoms with Gasteiger partial charge in [-0.05, 0) is 48.3 Å². The van der Waals surface area contributed by atoms with Crippen molar-refractivity contribution >= 4 is 23.2 Å². The van der Waals surface area contributed by atoms with Gasteiger partial charge in [-0.2, -0.15) is 20.2 Å². The van der Waals surface area contributed by atoms with E-state index in [1.165, 1.54) is 0 Å². The lowest BCUT2D eigenvalue weighted by atomic mass is 9.84. The summed E-state index contributed by atoms with van der Waals surface area (Å²) >= 11 is 0. The van der Waals surface area contributed by atoms with Crippen LogP contribution in [0.3, 0.4) is 0 Å². The average molecular weight is 415 g/mol. The lowest BCUT2D eigenvalue weighted by molar-refractivity contribution is -0.185. The summed E-state index contributed by atoms with van der Waals surface area (Å²) in [6, 6.07) is 0. The molecule has 2 amide bonds. The normalized spacial score (nSPS) is 50.4.